The molecule has 7 nitrogen and oxygen atoms in total. The SMILES string of the molecule is COc1ccc(N2CCN(C(=O)C(C)(C)n3nc(-c4ccc(F)cc4)ccc3=O)CC2)cc1. The maximum Gasteiger partial charge on any atom is 0.267 e. The van der Waals surface area contributed by atoms with Crippen LogP contribution in [0.5, 0.6) is 5.75 Å². The van der Waals surface area contributed by atoms with E-state index in [0.29, 0.717) is 37.4 Å². The summed E-state index contributed by atoms with van der Waals surface area (Å²) in [5.41, 5.74) is 0.708. The lowest BCUT2D eigenvalue weighted by Crippen LogP contribution is -2.56. The second kappa shape index (κ2) is 9.05. The molecule has 4 rings (SSSR count). The Morgan fingerprint density at radius 2 is 1.58 bits per heavy atom. The van der Waals surface area contributed by atoms with Crippen LogP contribution in [0.2, 0.25) is 0 Å². The number of ether oxygens (including phenoxy) is 1. The Balaban J connectivity index is 1.50. The highest BCUT2D eigenvalue weighted by molar-refractivity contribution is 5.84. The molecule has 2 aromatic carbocycles. The normalized spacial score (nSPS) is 14.3. The minimum absolute atomic E-state index is 0.164. The quantitative estimate of drug-likeness (QED) is 0.598. The molecule has 0 bridgehead atoms. The Bertz CT molecular complexity index is 1180. The lowest BCUT2D eigenvalue weighted by atomic mass is 10.0. The van der Waals surface area contributed by atoms with Gasteiger partial charge in [0.25, 0.3) is 5.56 Å². The van der Waals surface area contributed by atoms with Crippen molar-refractivity contribution in [2.75, 3.05) is 38.2 Å². The highest BCUT2D eigenvalue weighted by atomic mass is 19.1. The largest absolute Gasteiger partial charge is 0.497 e. The summed E-state index contributed by atoms with van der Waals surface area (Å²) in [6.07, 6.45) is 0. The van der Waals surface area contributed by atoms with Crippen LogP contribution in [0.4, 0.5) is 10.1 Å². The average Bonchev–Trinajstić information content (AvgIpc) is 2.84. The minimum atomic E-state index is -1.17. The van der Waals surface area contributed by atoms with E-state index in [1.165, 1.54) is 22.9 Å². The molecule has 1 aliphatic heterocycles. The van der Waals surface area contributed by atoms with Crippen LogP contribution in [-0.2, 0) is 10.3 Å². The molecule has 1 aliphatic rings. The molecule has 1 saturated heterocycles. The molecule has 2 heterocycles. The number of carbonyl (C=O) groups is 1. The van der Waals surface area contributed by atoms with Gasteiger partial charge in [0, 0.05) is 43.5 Å². The van der Waals surface area contributed by atoms with Crippen molar-refractivity contribution >= 4 is 11.6 Å². The molecule has 1 amide bonds. The molecular weight excluding hydrogens is 423 g/mol. The Morgan fingerprint density at radius 1 is 0.939 bits per heavy atom. The van der Waals surface area contributed by atoms with Gasteiger partial charge in [0.05, 0.1) is 12.8 Å². The van der Waals surface area contributed by atoms with E-state index in [-0.39, 0.29) is 17.3 Å². The molecule has 1 aromatic heterocycles. The van der Waals surface area contributed by atoms with E-state index >= 15 is 0 Å². The van der Waals surface area contributed by atoms with Crippen LogP contribution in [0.3, 0.4) is 0 Å². The van der Waals surface area contributed by atoms with Crippen molar-refractivity contribution in [1.82, 2.24) is 14.7 Å². The van der Waals surface area contributed by atoms with Crippen molar-refractivity contribution in [3.05, 3.63) is 76.8 Å². The van der Waals surface area contributed by atoms with Gasteiger partial charge in [-0.3, -0.25) is 9.59 Å². The summed E-state index contributed by atoms with van der Waals surface area (Å²) in [5.74, 6) is 0.286. The van der Waals surface area contributed by atoms with Gasteiger partial charge in [0.2, 0.25) is 5.91 Å². The van der Waals surface area contributed by atoms with Crippen molar-refractivity contribution in [1.29, 1.82) is 0 Å². The minimum Gasteiger partial charge on any atom is -0.497 e. The van der Waals surface area contributed by atoms with Gasteiger partial charge in [-0.15, -0.1) is 0 Å². The van der Waals surface area contributed by atoms with E-state index < -0.39 is 5.54 Å². The van der Waals surface area contributed by atoms with E-state index in [1.807, 2.05) is 24.3 Å². The Labute approximate surface area is 192 Å². The maximum absolute atomic E-state index is 13.4. The van der Waals surface area contributed by atoms with Gasteiger partial charge in [-0.25, -0.2) is 9.07 Å². The molecule has 33 heavy (non-hydrogen) atoms. The molecule has 0 unspecified atom stereocenters. The molecule has 172 valence electrons. The van der Waals surface area contributed by atoms with Gasteiger partial charge in [-0.2, -0.15) is 5.10 Å². The highest BCUT2D eigenvalue weighted by Gasteiger charge is 2.37. The number of carbonyl (C=O) groups excluding carboxylic acids is 1. The van der Waals surface area contributed by atoms with Gasteiger partial charge in [-0.1, -0.05) is 0 Å². The fraction of sp³-hybridized carbons (Fsp3) is 0.320. The number of amides is 1. The van der Waals surface area contributed by atoms with E-state index in [0.717, 1.165) is 11.4 Å². The third-order valence-corrected chi connectivity index (χ3v) is 6.00. The first-order chi connectivity index (χ1) is 15.8. The van der Waals surface area contributed by atoms with Crippen molar-refractivity contribution in [2.45, 2.75) is 19.4 Å². The van der Waals surface area contributed by atoms with Crippen LogP contribution in [0.15, 0.2) is 65.5 Å². The fourth-order valence-corrected chi connectivity index (χ4v) is 4.02. The molecule has 0 atom stereocenters. The number of piperazine rings is 1. The zero-order valence-electron chi connectivity index (χ0n) is 19.0. The van der Waals surface area contributed by atoms with Gasteiger partial charge in [0.15, 0.2) is 0 Å². The number of hydrogen-bond donors (Lipinski definition) is 0. The third kappa shape index (κ3) is 4.60. The lowest BCUT2D eigenvalue weighted by Gasteiger charge is -2.39. The maximum atomic E-state index is 13.4. The summed E-state index contributed by atoms with van der Waals surface area (Å²) in [6.45, 7) is 5.86. The van der Waals surface area contributed by atoms with Crippen LogP contribution >= 0.6 is 0 Å². The van der Waals surface area contributed by atoms with Gasteiger partial charge >= 0.3 is 0 Å². The first-order valence-electron chi connectivity index (χ1n) is 10.8. The topological polar surface area (TPSA) is 67.7 Å². The Kier molecular flexibility index (Phi) is 6.18. The summed E-state index contributed by atoms with van der Waals surface area (Å²) < 4.78 is 19.7. The predicted molar refractivity (Wildman–Crippen MR) is 125 cm³/mol. The van der Waals surface area contributed by atoms with Gasteiger partial charge in [-0.05, 0) is 68.4 Å². The number of methoxy groups -OCH3 is 1. The number of nitrogens with zero attached hydrogens (tertiary/aromatic N) is 4. The molecule has 0 radical (unpaired) electrons. The number of aromatic nitrogens is 2. The Morgan fingerprint density at radius 3 is 2.18 bits per heavy atom. The van der Waals surface area contributed by atoms with Crippen molar-refractivity contribution < 1.29 is 13.9 Å². The highest BCUT2D eigenvalue weighted by Crippen LogP contribution is 2.23. The number of benzene rings is 2. The average molecular weight is 451 g/mol. The zero-order valence-corrected chi connectivity index (χ0v) is 19.0. The van der Waals surface area contributed by atoms with Crippen LogP contribution in [-0.4, -0.2) is 53.9 Å². The lowest BCUT2D eigenvalue weighted by molar-refractivity contribution is -0.140. The predicted octanol–water partition coefficient (Wildman–Crippen LogP) is 3.14. The van der Waals surface area contributed by atoms with Crippen LogP contribution in [0, 0.1) is 5.82 Å². The van der Waals surface area contributed by atoms with E-state index in [2.05, 4.69) is 10.00 Å². The summed E-state index contributed by atoms with van der Waals surface area (Å²) >= 11 is 0. The van der Waals surface area contributed by atoms with E-state index in [9.17, 15) is 14.0 Å². The molecule has 0 N–H and O–H groups in total. The third-order valence-electron chi connectivity index (χ3n) is 6.00. The zero-order chi connectivity index (χ0) is 23.6. The second-order valence-electron chi connectivity index (χ2n) is 8.51. The van der Waals surface area contributed by atoms with Crippen molar-refractivity contribution in [2.24, 2.45) is 0 Å². The van der Waals surface area contributed by atoms with E-state index in [4.69, 9.17) is 4.74 Å². The molecule has 3 aromatic rings. The van der Waals surface area contributed by atoms with Crippen molar-refractivity contribution in [3.8, 4) is 17.0 Å². The number of anilines is 1. The molecule has 0 saturated carbocycles. The summed E-state index contributed by atoms with van der Waals surface area (Å²) in [4.78, 5) is 30.1. The molecule has 1 fully saturated rings. The molecule has 0 aliphatic carbocycles. The first-order valence-corrected chi connectivity index (χ1v) is 10.8. The smallest absolute Gasteiger partial charge is 0.267 e. The first kappa shape index (κ1) is 22.5. The van der Waals surface area contributed by atoms with Crippen molar-refractivity contribution in [3.63, 3.8) is 0 Å². The molecular formula is C25H27FN4O3. The van der Waals surface area contributed by atoms with Crippen LogP contribution < -0.4 is 15.2 Å². The number of halogens is 1. The standard InChI is InChI=1S/C25H27FN4O3/c1-25(2,30-23(31)13-12-22(27-30)18-4-6-19(26)7-5-18)24(32)29-16-14-28(15-17-29)20-8-10-21(33-3)11-9-20/h4-13H,14-17H2,1-3H3. The summed E-state index contributed by atoms with van der Waals surface area (Å²) in [5, 5.41) is 4.45. The summed E-state index contributed by atoms with van der Waals surface area (Å²) in [7, 11) is 1.64. The second-order valence-corrected chi connectivity index (χ2v) is 8.51. The monoisotopic (exact) mass is 450 g/mol. The number of hydrogen-bond acceptors (Lipinski definition) is 5. The van der Waals surface area contributed by atoms with Gasteiger partial charge in [0.1, 0.15) is 17.1 Å². The molecule has 0 spiro atoms. The Hall–Kier alpha value is -3.68. The van der Waals surface area contributed by atoms with Crippen LogP contribution in [0.25, 0.3) is 11.3 Å². The summed E-state index contributed by atoms with van der Waals surface area (Å²) in [6, 6.07) is 16.7. The number of rotatable bonds is 5. The molecule has 8 heteroatoms. The fourth-order valence-electron chi connectivity index (χ4n) is 4.02. The van der Waals surface area contributed by atoms with Crippen LogP contribution in [0.1, 0.15) is 13.8 Å². The van der Waals surface area contributed by atoms with E-state index in [1.54, 1.807) is 44.1 Å². The van der Waals surface area contributed by atoms with Gasteiger partial charge < -0.3 is 14.5 Å².